The highest BCUT2D eigenvalue weighted by atomic mass is 16.5. The van der Waals surface area contributed by atoms with Crippen LogP contribution in [0.25, 0.3) is 0 Å². The van der Waals surface area contributed by atoms with Gasteiger partial charge in [-0.1, -0.05) is 6.07 Å². The maximum Gasteiger partial charge on any atom is 0.222 e. The van der Waals surface area contributed by atoms with Gasteiger partial charge in [0.1, 0.15) is 6.10 Å². The summed E-state index contributed by atoms with van der Waals surface area (Å²) in [6.45, 7) is 3.70. The lowest BCUT2D eigenvalue weighted by Crippen LogP contribution is -2.42. The van der Waals surface area contributed by atoms with Crippen molar-refractivity contribution in [3.8, 4) is 17.2 Å². The number of likely N-dealkylation sites (tertiary alicyclic amines) is 1. The fourth-order valence-electron chi connectivity index (χ4n) is 3.98. The quantitative estimate of drug-likeness (QED) is 0.793. The van der Waals surface area contributed by atoms with Crippen LogP contribution in [0.3, 0.4) is 0 Å². The molecule has 2 fully saturated rings. The van der Waals surface area contributed by atoms with Crippen LogP contribution in [0, 0.1) is 5.92 Å². The number of hydrogen-bond acceptors (Lipinski definition) is 5. The summed E-state index contributed by atoms with van der Waals surface area (Å²) in [6, 6.07) is 5.63. The molecule has 0 radical (unpaired) electrons. The summed E-state index contributed by atoms with van der Waals surface area (Å²) >= 11 is 0. The van der Waals surface area contributed by atoms with E-state index in [-0.39, 0.29) is 6.10 Å². The number of carbonyl (C=O) groups is 1. The molecule has 6 nitrogen and oxygen atoms in total. The van der Waals surface area contributed by atoms with E-state index < -0.39 is 0 Å². The Bertz CT molecular complexity index is 586. The third kappa shape index (κ3) is 5.28. The molecule has 2 saturated heterocycles. The number of amides is 1. The number of carbonyl (C=O) groups excluding carboxylic acids is 1. The predicted octanol–water partition coefficient (Wildman–Crippen LogP) is 2.85. The first-order valence-corrected chi connectivity index (χ1v) is 10.1. The highest BCUT2D eigenvalue weighted by molar-refractivity contribution is 5.76. The van der Waals surface area contributed by atoms with Crippen LogP contribution in [0.5, 0.6) is 17.2 Å². The molecule has 2 heterocycles. The molecule has 1 aromatic rings. The van der Waals surface area contributed by atoms with Crippen molar-refractivity contribution in [2.45, 2.75) is 44.6 Å². The molecule has 0 aliphatic carbocycles. The zero-order valence-electron chi connectivity index (χ0n) is 16.5. The number of nitrogens with zero attached hydrogens (tertiary/aromatic N) is 1. The van der Waals surface area contributed by atoms with Crippen LogP contribution in [-0.4, -0.2) is 57.3 Å². The molecule has 0 unspecified atom stereocenters. The SMILES string of the molecule is COc1cccc(OC)c1OC1CCN(C(=O)CCC2CCNCC2)CC1. The summed E-state index contributed by atoms with van der Waals surface area (Å²) in [5.41, 5.74) is 0. The Kier molecular flexibility index (Phi) is 7.21. The smallest absolute Gasteiger partial charge is 0.222 e. The van der Waals surface area contributed by atoms with Crippen LogP contribution in [-0.2, 0) is 4.79 Å². The molecule has 6 heteroatoms. The van der Waals surface area contributed by atoms with Gasteiger partial charge in [0, 0.05) is 32.4 Å². The van der Waals surface area contributed by atoms with Crippen LogP contribution >= 0.6 is 0 Å². The Morgan fingerprint density at radius 1 is 1.07 bits per heavy atom. The standard InChI is InChI=1S/C21H32N2O4/c1-25-18-4-3-5-19(26-2)21(18)27-17-10-14-23(15-11-17)20(24)7-6-16-8-12-22-13-9-16/h3-5,16-17,22H,6-15H2,1-2H3. The molecule has 0 spiro atoms. The molecular formula is C21H32N2O4. The van der Waals surface area contributed by atoms with Crippen molar-refractivity contribution in [2.75, 3.05) is 40.4 Å². The number of nitrogens with one attached hydrogen (secondary N) is 1. The van der Waals surface area contributed by atoms with E-state index in [0.29, 0.717) is 35.5 Å². The summed E-state index contributed by atoms with van der Waals surface area (Å²) in [4.78, 5) is 14.5. The Morgan fingerprint density at radius 3 is 2.30 bits per heavy atom. The molecule has 0 aromatic heterocycles. The van der Waals surface area contributed by atoms with Crippen molar-refractivity contribution in [3.63, 3.8) is 0 Å². The topological polar surface area (TPSA) is 60.0 Å². The molecular weight excluding hydrogens is 344 g/mol. The van der Waals surface area contributed by atoms with E-state index in [0.717, 1.165) is 45.4 Å². The average Bonchev–Trinajstić information content (AvgIpc) is 2.73. The first-order chi connectivity index (χ1) is 13.2. The van der Waals surface area contributed by atoms with Crippen LogP contribution in [0.2, 0.25) is 0 Å². The number of methoxy groups -OCH3 is 2. The Morgan fingerprint density at radius 2 is 1.70 bits per heavy atom. The van der Waals surface area contributed by atoms with Gasteiger partial charge in [0.2, 0.25) is 11.7 Å². The van der Waals surface area contributed by atoms with Crippen molar-refractivity contribution < 1.29 is 19.0 Å². The molecule has 27 heavy (non-hydrogen) atoms. The van der Waals surface area contributed by atoms with E-state index in [4.69, 9.17) is 14.2 Å². The Labute approximate surface area is 162 Å². The highest BCUT2D eigenvalue weighted by Gasteiger charge is 2.26. The van der Waals surface area contributed by atoms with E-state index in [1.165, 1.54) is 12.8 Å². The van der Waals surface area contributed by atoms with Crippen LogP contribution in [0.1, 0.15) is 38.5 Å². The van der Waals surface area contributed by atoms with Gasteiger partial charge in [-0.2, -0.15) is 0 Å². The Hall–Kier alpha value is -1.95. The molecule has 0 saturated carbocycles. The van der Waals surface area contributed by atoms with E-state index in [2.05, 4.69) is 5.32 Å². The van der Waals surface area contributed by atoms with Crippen molar-refractivity contribution in [2.24, 2.45) is 5.92 Å². The highest BCUT2D eigenvalue weighted by Crippen LogP contribution is 2.38. The summed E-state index contributed by atoms with van der Waals surface area (Å²) < 4.78 is 17.0. The van der Waals surface area contributed by atoms with E-state index in [1.54, 1.807) is 14.2 Å². The first-order valence-electron chi connectivity index (χ1n) is 10.1. The van der Waals surface area contributed by atoms with E-state index >= 15 is 0 Å². The largest absolute Gasteiger partial charge is 0.493 e. The molecule has 1 aromatic carbocycles. The number of para-hydroxylation sites is 1. The predicted molar refractivity (Wildman–Crippen MR) is 105 cm³/mol. The summed E-state index contributed by atoms with van der Waals surface area (Å²) in [6.07, 6.45) is 5.84. The van der Waals surface area contributed by atoms with Crippen molar-refractivity contribution in [1.29, 1.82) is 0 Å². The van der Waals surface area contributed by atoms with Gasteiger partial charge < -0.3 is 24.4 Å². The molecule has 2 aliphatic heterocycles. The minimum atomic E-state index is 0.0728. The van der Waals surface area contributed by atoms with Gasteiger partial charge in [-0.15, -0.1) is 0 Å². The van der Waals surface area contributed by atoms with E-state index in [9.17, 15) is 4.79 Å². The molecule has 1 N–H and O–H groups in total. The first kappa shape index (κ1) is 19.8. The normalized spacial score (nSPS) is 19.0. The molecule has 0 bridgehead atoms. The lowest BCUT2D eigenvalue weighted by atomic mass is 9.93. The van der Waals surface area contributed by atoms with Gasteiger partial charge >= 0.3 is 0 Å². The van der Waals surface area contributed by atoms with Crippen LogP contribution < -0.4 is 19.5 Å². The maximum atomic E-state index is 12.5. The van der Waals surface area contributed by atoms with Crippen molar-refractivity contribution in [3.05, 3.63) is 18.2 Å². The lowest BCUT2D eigenvalue weighted by molar-refractivity contribution is -0.133. The second-order valence-electron chi connectivity index (χ2n) is 7.42. The van der Waals surface area contributed by atoms with E-state index in [1.807, 2.05) is 23.1 Å². The lowest BCUT2D eigenvalue weighted by Gasteiger charge is -2.33. The summed E-state index contributed by atoms with van der Waals surface area (Å²) in [5, 5.41) is 3.38. The van der Waals surface area contributed by atoms with Gasteiger partial charge in [-0.05, 0) is 50.4 Å². The molecule has 2 aliphatic rings. The van der Waals surface area contributed by atoms with Gasteiger partial charge in [0.25, 0.3) is 0 Å². The summed E-state index contributed by atoms with van der Waals surface area (Å²) in [7, 11) is 3.26. The fourth-order valence-corrected chi connectivity index (χ4v) is 3.98. The van der Waals surface area contributed by atoms with Crippen LogP contribution in [0.15, 0.2) is 18.2 Å². The maximum absolute atomic E-state index is 12.5. The molecule has 1 amide bonds. The second-order valence-corrected chi connectivity index (χ2v) is 7.42. The number of ether oxygens (including phenoxy) is 3. The number of piperidine rings is 2. The number of hydrogen-bond donors (Lipinski definition) is 1. The average molecular weight is 376 g/mol. The third-order valence-electron chi connectivity index (χ3n) is 5.69. The number of rotatable bonds is 7. The minimum Gasteiger partial charge on any atom is -0.493 e. The van der Waals surface area contributed by atoms with Crippen molar-refractivity contribution in [1.82, 2.24) is 10.2 Å². The molecule has 0 atom stereocenters. The van der Waals surface area contributed by atoms with Crippen LogP contribution in [0.4, 0.5) is 0 Å². The zero-order chi connectivity index (χ0) is 19.1. The second kappa shape index (κ2) is 9.83. The van der Waals surface area contributed by atoms with Crippen molar-refractivity contribution >= 4 is 5.91 Å². The van der Waals surface area contributed by atoms with Gasteiger partial charge in [0.05, 0.1) is 14.2 Å². The monoisotopic (exact) mass is 376 g/mol. The summed E-state index contributed by atoms with van der Waals surface area (Å²) in [5.74, 6) is 3.00. The van der Waals surface area contributed by atoms with Gasteiger partial charge in [-0.25, -0.2) is 0 Å². The minimum absolute atomic E-state index is 0.0728. The zero-order valence-corrected chi connectivity index (χ0v) is 16.5. The Balaban J connectivity index is 1.47. The van der Waals surface area contributed by atoms with Gasteiger partial charge in [-0.3, -0.25) is 4.79 Å². The van der Waals surface area contributed by atoms with Gasteiger partial charge in [0.15, 0.2) is 11.5 Å². The number of benzene rings is 1. The molecule has 3 rings (SSSR count). The molecule has 150 valence electrons. The fraction of sp³-hybridized carbons (Fsp3) is 0.667. The third-order valence-corrected chi connectivity index (χ3v) is 5.69.